The molecule has 8 heavy (non-hydrogen) atoms. The van der Waals surface area contributed by atoms with Gasteiger partial charge in [-0.2, -0.15) is 0 Å². The number of hydrogen-bond donors (Lipinski definition) is 1. The van der Waals surface area contributed by atoms with Gasteiger partial charge in [-0.05, 0) is 6.92 Å². The molecular weight excluding hydrogens is 108 g/mol. The third kappa shape index (κ3) is 3.21. The monoisotopic (exact) mass is 116 g/mol. The van der Waals surface area contributed by atoms with Gasteiger partial charge in [0, 0.05) is 0 Å². The van der Waals surface area contributed by atoms with Gasteiger partial charge in [-0.1, -0.05) is 0 Å². The fourth-order valence-electron chi connectivity index (χ4n) is 0.191. The molecule has 0 radical (unpaired) electrons. The lowest BCUT2D eigenvalue weighted by Gasteiger charge is -1.98. The summed E-state index contributed by atoms with van der Waals surface area (Å²) in [6.45, 7) is 1.58. The van der Waals surface area contributed by atoms with Crippen molar-refractivity contribution in [2.24, 2.45) is 0 Å². The maximum absolute atomic E-state index is 9.77. The number of ether oxygens (including phenoxy) is 1. The fourth-order valence-corrected chi connectivity index (χ4v) is 0.191. The largest absolute Gasteiger partial charge is 0.512 e. The molecule has 0 aromatic heterocycles. The Kier molecular flexibility index (Phi) is 3.66. The first kappa shape index (κ1) is 7.01. The summed E-state index contributed by atoms with van der Waals surface area (Å²) in [5.41, 5.74) is 0. The molecule has 0 aromatic rings. The lowest BCUT2D eigenvalue weighted by molar-refractivity contribution is -0.114. The van der Waals surface area contributed by atoms with E-state index in [1.807, 2.05) is 0 Å². The highest BCUT2D eigenvalue weighted by molar-refractivity contribution is 5.55. The Bertz CT molecular complexity index is 87.7. The number of aliphatic hydroxyl groups is 1. The number of rotatable bonds is 3. The fraction of sp³-hybridized carbons (Fsp3) is 0.400. The molecule has 1 N–H and O–H groups in total. The highest BCUT2D eigenvalue weighted by Crippen LogP contribution is 1.83. The Morgan fingerprint density at radius 2 is 2.38 bits per heavy atom. The van der Waals surface area contributed by atoms with Crippen molar-refractivity contribution < 1.29 is 14.6 Å². The number of aliphatic hydroxyl groups excluding tert-OH is 1. The molecule has 0 aromatic carbocycles. The Morgan fingerprint density at radius 1 is 1.75 bits per heavy atom. The van der Waals surface area contributed by atoms with E-state index in [1.54, 1.807) is 6.92 Å². The molecule has 0 spiro atoms. The van der Waals surface area contributed by atoms with Gasteiger partial charge in [0.15, 0.2) is 12.4 Å². The van der Waals surface area contributed by atoms with Gasteiger partial charge in [0.05, 0.1) is 0 Å². The number of carbonyl (C=O) groups excluding carboxylic acids is 1. The summed E-state index contributed by atoms with van der Waals surface area (Å²) in [6, 6.07) is 0. The predicted octanol–water partition coefficient (Wildman–Crippen LogP) is 0.620. The first-order valence-electron chi connectivity index (χ1n) is 2.21. The van der Waals surface area contributed by atoms with Gasteiger partial charge in [-0.3, -0.25) is 4.79 Å². The summed E-state index contributed by atoms with van der Waals surface area (Å²) in [5.74, 6) is 0. The van der Waals surface area contributed by atoms with Crippen LogP contribution in [0.4, 0.5) is 0 Å². The van der Waals surface area contributed by atoms with Crippen LogP contribution in [-0.2, 0) is 9.53 Å². The van der Waals surface area contributed by atoms with E-state index in [0.717, 1.165) is 12.5 Å². The Labute approximate surface area is 47.6 Å². The topological polar surface area (TPSA) is 46.5 Å². The maximum atomic E-state index is 9.77. The van der Waals surface area contributed by atoms with Crippen LogP contribution in [0.25, 0.3) is 0 Å². The molecule has 0 unspecified atom stereocenters. The molecular formula is C5H8O3. The van der Waals surface area contributed by atoms with E-state index in [2.05, 4.69) is 4.74 Å². The minimum atomic E-state index is -0.474. The predicted molar refractivity (Wildman–Crippen MR) is 28.4 cm³/mol. The van der Waals surface area contributed by atoms with Crippen LogP contribution in [0.5, 0.6) is 0 Å². The van der Waals surface area contributed by atoms with Gasteiger partial charge in [0.25, 0.3) is 0 Å². The number of carbonyl (C=O) groups is 1. The molecule has 46 valence electrons. The van der Waals surface area contributed by atoms with E-state index in [1.165, 1.54) is 0 Å². The SMILES string of the molecule is C[C@@H](C=O)O/C=C\O. The van der Waals surface area contributed by atoms with E-state index in [4.69, 9.17) is 5.11 Å². The molecule has 0 fully saturated rings. The average molecular weight is 116 g/mol. The number of aldehydes is 1. The van der Waals surface area contributed by atoms with E-state index >= 15 is 0 Å². The van der Waals surface area contributed by atoms with Gasteiger partial charge in [0.2, 0.25) is 0 Å². The van der Waals surface area contributed by atoms with E-state index in [9.17, 15) is 4.79 Å². The third-order valence-corrected chi connectivity index (χ3v) is 0.546. The minimum Gasteiger partial charge on any atom is -0.512 e. The lowest BCUT2D eigenvalue weighted by Crippen LogP contribution is -2.03. The summed E-state index contributed by atoms with van der Waals surface area (Å²) >= 11 is 0. The van der Waals surface area contributed by atoms with Crippen molar-refractivity contribution in [1.82, 2.24) is 0 Å². The second-order valence-corrected chi connectivity index (χ2v) is 1.26. The highest BCUT2D eigenvalue weighted by atomic mass is 16.5. The van der Waals surface area contributed by atoms with E-state index < -0.39 is 6.10 Å². The van der Waals surface area contributed by atoms with Crippen molar-refractivity contribution in [1.29, 1.82) is 0 Å². The molecule has 0 saturated carbocycles. The highest BCUT2D eigenvalue weighted by Gasteiger charge is 1.91. The van der Waals surface area contributed by atoms with Crippen molar-refractivity contribution in [3.05, 3.63) is 12.5 Å². The molecule has 0 bridgehead atoms. The second kappa shape index (κ2) is 4.18. The normalized spacial score (nSPS) is 13.6. The average Bonchev–Trinajstić information content (AvgIpc) is 1.83. The quantitative estimate of drug-likeness (QED) is 0.434. The lowest BCUT2D eigenvalue weighted by atomic mass is 10.5. The van der Waals surface area contributed by atoms with Crippen LogP contribution in [0.2, 0.25) is 0 Å². The summed E-state index contributed by atoms with van der Waals surface area (Å²) in [4.78, 5) is 9.77. The molecule has 0 aliphatic rings. The first-order valence-corrected chi connectivity index (χ1v) is 2.21. The van der Waals surface area contributed by atoms with Crippen molar-refractivity contribution >= 4 is 6.29 Å². The molecule has 0 saturated heterocycles. The van der Waals surface area contributed by atoms with Crippen molar-refractivity contribution in [3.63, 3.8) is 0 Å². The zero-order valence-electron chi connectivity index (χ0n) is 4.57. The van der Waals surface area contributed by atoms with Gasteiger partial charge < -0.3 is 9.84 Å². The summed E-state index contributed by atoms with van der Waals surface area (Å²) in [7, 11) is 0. The van der Waals surface area contributed by atoms with Gasteiger partial charge in [0.1, 0.15) is 12.5 Å². The van der Waals surface area contributed by atoms with Crippen LogP contribution in [0.3, 0.4) is 0 Å². The minimum absolute atomic E-state index is 0.474. The van der Waals surface area contributed by atoms with Crippen molar-refractivity contribution in [2.45, 2.75) is 13.0 Å². The second-order valence-electron chi connectivity index (χ2n) is 1.26. The zero-order chi connectivity index (χ0) is 6.41. The Morgan fingerprint density at radius 3 is 2.75 bits per heavy atom. The summed E-state index contributed by atoms with van der Waals surface area (Å²) in [6.07, 6.45) is 1.96. The Balaban J connectivity index is 3.23. The molecule has 0 aliphatic carbocycles. The van der Waals surface area contributed by atoms with Crippen molar-refractivity contribution in [2.75, 3.05) is 0 Å². The zero-order valence-corrected chi connectivity index (χ0v) is 4.57. The Hall–Kier alpha value is -0.990. The third-order valence-electron chi connectivity index (χ3n) is 0.546. The first-order chi connectivity index (χ1) is 3.81. The van der Waals surface area contributed by atoms with Crippen molar-refractivity contribution in [3.8, 4) is 0 Å². The van der Waals surface area contributed by atoms with Crippen LogP contribution in [-0.4, -0.2) is 17.5 Å². The molecule has 3 heteroatoms. The van der Waals surface area contributed by atoms with Gasteiger partial charge in [-0.25, -0.2) is 0 Å². The maximum Gasteiger partial charge on any atom is 0.160 e. The van der Waals surface area contributed by atoms with E-state index in [0.29, 0.717) is 6.29 Å². The van der Waals surface area contributed by atoms with Crippen LogP contribution >= 0.6 is 0 Å². The summed E-state index contributed by atoms with van der Waals surface area (Å²) in [5, 5.41) is 7.99. The molecule has 0 aliphatic heterocycles. The molecule has 3 nitrogen and oxygen atoms in total. The molecule has 0 amide bonds. The van der Waals surface area contributed by atoms with Gasteiger partial charge >= 0.3 is 0 Å². The van der Waals surface area contributed by atoms with Crippen LogP contribution in [0, 0.1) is 0 Å². The van der Waals surface area contributed by atoms with Crippen LogP contribution < -0.4 is 0 Å². The van der Waals surface area contributed by atoms with Gasteiger partial charge in [-0.15, -0.1) is 0 Å². The smallest absolute Gasteiger partial charge is 0.160 e. The van der Waals surface area contributed by atoms with E-state index in [-0.39, 0.29) is 0 Å². The summed E-state index contributed by atoms with van der Waals surface area (Å²) < 4.78 is 4.54. The molecule has 0 rings (SSSR count). The van der Waals surface area contributed by atoms with Crippen LogP contribution in [0.15, 0.2) is 12.5 Å². The standard InChI is InChI=1S/C5H8O3/c1-5(4-7)8-3-2-6/h2-6H,1H3/b3-2-/t5-/m0/s1. The molecule has 0 heterocycles. The number of hydrogen-bond acceptors (Lipinski definition) is 3. The van der Waals surface area contributed by atoms with Crippen LogP contribution in [0.1, 0.15) is 6.92 Å². The molecule has 1 atom stereocenters.